The number of piperidine rings is 1. The highest BCUT2D eigenvalue weighted by Gasteiger charge is 2.25. The Kier molecular flexibility index (Phi) is 5.98. The van der Waals surface area contributed by atoms with Crippen LogP contribution >= 0.6 is 0 Å². The smallest absolute Gasteiger partial charge is 0.238 e. The summed E-state index contributed by atoms with van der Waals surface area (Å²) in [6.45, 7) is 3.01. The molecule has 0 bridgehead atoms. The van der Waals surface area contributed by atoms with E-state index in [-0.39, 0.29) is 12.6 Å². The Hall–Kier alpha value is -2.94. The molecule has 160 valence electrons. The zero-order chi connectivity index (χ0) is 21.1. The maximum absolute atomic E-state index is 14.5. The third-order valence-corrected chi connectivity index (χ3v) is 5.67. The van der Waals surface area contributed by atoms with Crippen LogP contribution < -0.4 is 20.1 Å². The van der Waals surface area contributed by atoms with E-state index in [1.165, 1.54) is 10.7 Å². The zero-order valence-corrected chi connectivity index (χ0v) is 17.1. The van der Waals surface area contributed by atoms with Gasteiger partial charge in [-0.2, -0.15) is 8.91 Å². The summed E-state index contributed by atoms with van der Waals surface area (Å²) in [5.74, 6) is 0.837. The van der Waals surface area contributed by atoms with E-state index in [1.807, 2.05) is 19.1 Å². The number of aromatic nitrogens is 4. The number of nitrogens with zero attached hydrogens (tertiary/aromatic N) is 5. The van der Waals surface area contributed by atoms with E-state index in [9.17, 15) is 14.7 Å². The molecule has 1 saturated heterocycles. The van der Waals surface area contributed by atoms with Gasteiger partial charge in [0.2, 0.25) is 18.3 Å². The van der Waals surface area contributed by atoms with Crippen molar-refractivity contribution >= 4 is 17.3 Å². The summed E-state index contributed by atoms with van der Waals surface area (Å²) in [4.78, 5) is 6.93. The molecule has 4 rings (SSSR count). The van der Waals surface area contributed by atoms with Gasteiger partial charge in [0.05, 0.1) is 5.56 Å². The molecule has 3 aromatic heterocycles. The second kappa shape index (κ2) is 8.83. The van der Waals surface area contributed by atoms with Crippen LogP contribution in [-0.4, -0.2) is 39.0 Å². The Labute approximate surface area is 174 Å². The number of halogens is 1. The van der Waals surface area contributed by atoms with Gasteiger partial charge in [-0.15, -0.1) is 11.7 Å². The average Bonchev–Trinajstić information content (AvgIpc) is 3.07. The van der Waals surface area contributed by atoms with Crippen LogP contribution in [0.3, 0.4) is 0 Å². The molecule has 0 spiro atoms. The summed E-state index contributed by atoms with van der Waals surface area (Å²) in [6, 6.07) is 5.65. The minimum atomic E-state index is -0.520. The second-order valence-electron chi connectivity index (χ2n) is 7.64. The molecule has 1 atom stereocenters. The number of anilines is 2. The van der Waals surface area contributed by atoms with E-state index in [2.05, 4.69) is 15.3 Å². The lowest BCUT2D eigenvalue weighted by Crippen LogP contribution is -2.41. The van der Waals surface area contributed by atoms with Gasteiger partial charge in [-0.05, 0) is 38.2 Å². The van der Waals surface area contributed by atoms with E-state index in [4.69, 9.17) is 4.98 Å². The van der Waals surface area contributed by atoms with E-state index in [0.717, 1.165) is 41.9 Å². The first-order valence-electron chi connectivity index (χ1n) is 10.5. The Morgan fingerprint density at radius 1 is 1.40 bits per heavy atom. The van der Waals surface area contributed by atoms with Crippen LogP contribution in [0.4, 0.5) is 16.0 Å². The molecule has 1 unspecified atom stereocenters. The Balaban J connectivity index is 1.73. The fourth-order valence-corrected chi connectivity index (χ4v) is 4.15. The van der Waals surface area contributed by atoms with E-state index < -0.39 is 5.95 Å². The van der Waals surface area contributed by atoms with Crippen LogP contribution in [-0.2, 0) is 13.0 Å². The number of aryl methyl sites for hydroxylation is 1. The van der Waals surface area contributed by atoms with Crippen molar-refractivity contribution in [3.8, 4) is 0 Å². The first-order chi connectivity index (χ1) is 14.6. The number of nitrogens with one attached hydrogen (secondary N) is 1. The molecule has 2 N–H and O–H groups in total. The quantitative estimate of drug-likeness (QED) is 0.451. The fraction of sp³-hybridized carbons (Fsp3) is 0.476. The third-order valence-electron chi connectivity index (χ3n) is 5.67. The predicted molar refractivity (Wildman–Crippen MR) is 108 cm³/mol. The molecule has 1 aliphatic rings. The van der Waals surface area contributed by atoms with Crippen LogP contribution in [0.1, 0.15) is 43.7 Å². The first-order valence-corrected chi connectivity index (χ1v) is 10.5. The van der Waals surface area contributed by atoms with Crippen LogP contribution in [0.25, 0.3) is 5.65 Å². The molecular weight excluding hydrogens is 387 g/mol. The number of pyridine rings is 1. The van der Waals surface area contributed by atoms with Crippen molar-refractivity contribution in [2.75, 3.05) is 23.4 Å². The molecule has 1 aliphatic heterocycles. The van der Waals surface area contributed by atoms with Gasteiger partial charge in [-0.3, -0.25) is 5.21 Å². The number of fused-ring (bicyclic) bond motifs is 1. The number of hydrogen-bond donors (Lipinski definition) is 2. The zero-order valence-electron chi connectivity index (χ0n) is 17.1. The van der Waals surface area contributed by atoms with Crippen molar-refractivity contribution < 1.29 is 19.4 Å². The van der Waals surface area contributed by atoms with Crippen molar-refractivity contribution in [1.82, 2.24) is 14.6 Å². The van der Waals surface area contributed by atoms with Gasteiger partial charge in [0.1, 0.15) is 11.6 Å². The van der Waals surface area contributed by atoms with Crippen molar-refractivity contribution in [2.24, 2.45) is 0 Å². The second-order valence-corrected chi connectivity index (χ2v) is 7.64. The van der Waals surface area contributed by atoms with Gasteiger partial charge in [0, 0.05) is 41.6 Å². The third kappa shape index (κ3) is 4.02. The molecule has 30 heavy (non-hydrogen) atoms. The largest absolute Gasteiger partial charge is 0.854 e. The van der Waals surface area contributed by atoms with Gasteiger partial charge in [-0.1, -0.05) is 6.92 Å². The Bertz CT molecular complexity index is 1020. The summed E-state index contributed by atoms with van der Waals surface area (Å²) in [6.07, 6.45) is 7.30. The number of rotatable bonds is 7. The lowest BCUT2D eigenvalue weighted by molar-refractivity contribution is -0.905. The summed E-state index contributed by atoms with van der Waals surface area (Å²) >= 11 is 0. The Morgan fingerprint density at radius 3 is 3.03 bits per heavy atom. The summed E-state index contributed by atoms with van der Waals surface area (Å²) in [7, 11) is 0. The van der Waals surface area contributed by atoms with E-state index >= 15 is 0 Å². The van der Waals surface area contributed by atoms with Crippen molar-refractivity contribution in [2.45, 2.75) is 51.6 Å². The summed E-state index contributed by atoms with van der Waals surface area (Å²) in [5, 5.41) is 28.3. The van der Waals surface area contributed by atoms with E-state index in [0.29, 0.717) is 36.4 Å². The normalized spacial score (nSPS) is 16.9. The van der Waals surface area contributed by atoms with Gasteiger partial charge < -0.3 is 15.3 Å². The van der Waals surface area contributed by atoms with Gasteiger partial charge in [-0.25, -0.2) is 4.98 Å². The highest BCUT2D eigenvalue weighted by Crippen LogP contribution is 2.29. The van der Waals surface area contributed by atoms with Crippen LogP contribution in [0.5, 0.6) is 0 Å². The fourth-order valence-electron chi connectivity index (χ4n) is 4.15. The molecule has 1 fully saturated rings. The van der Waals surface area contributed by atoms with Crippen molar-refractivity contribution in [3.05, 3.63) is 47.7 Å². The first kappa shape index (κ1) is 20.3. The molecule has 4 heterocycles. The van der Waals surface area contributed by atoms with Gasteiger partial charge in [0.15, 0.2) is 5.65 Å². The SMILES string of the molecule is CCc1c(F)nn2c(NCc3ccc[n+](O)c3)cc(N3CCCCC3CC[O-])nc12. The summed E-state index contributed by atoms with van der Waals surface area (Å²) < 4.78 is 17.0. The standard InChI is InChI=1S/C21H27FN6O2/c1-2-17-20(22)25-28-18(23-13-15-6-5-9-26(30)14-15)12-19(24-21(17)28)27-10-4-3-7-16(27)8-11-29/h5-6,9,12,14,16,23,30H,2-4,7-8,10-11,13H2,1H3. The maximum Gasteiger partial charge on any atom is 0.238 e. The number of hydrogen-bond acceptors (Lipinski definition) is 6. The molecule has 0 saturated carbocycles. The molecule has 0 aliphatic carbocycles. The maximum atomic E-state index is 14.5. The highest BCUT2D eigenvalue weighted by molar-refractivity contribution is 5.61. The Morgan fingerprint density at radius 2 is 2.27 bits per heavy atom. The molecule has 3 aromatic rings. The molecule has 0 radical (unpaired) electrons. The van der Waals surface area contributed by atoms with Gasteiger partial charge in [0.25, 0.3) is 0 Å². The minimum absolute atomic E-state index is 0.120. The van der Waals surface area contributed by atoms with E-state index in [1.54, 1.807) is 12.3 Å². The molecule has 0 amide bonds. The van der Waals surface area contributed by atoms with Crippen LogP contribution in [0, 0.1) is 5.95 Å². The van der Waals surface area contributed by atoms with Crippen LogP contribution in [0.2, 0.25) is 0 Å². The average molecular weight is 414 g/mol. The van der Waals surface area contributed by atoms with Crippen LogP contribution in [0.15, 0.2) is 30.6 Å². The lowest BCUT2D eigenvalue weighted by atomic mass is 9.99. The van der Waals surface area contributed by atoms with Crippen molar-refractivity contribution in [3.63, 3.8) is 0 Å². The monoisotopic (exact) mass is 414 g/mol. The van der Waals surface area contributed by atoms with Gasteiger partial charge >= 0.3 is 0 Å². The lowest BCUT2D eigenvalue weighted by Gasteiger charge is -2.37. The molecular formula is C21H27FN6O2. The molecule has 0 aromatic carbocycles. The molecule has 8 nitrogen and oxygen atoms in total. The minimum Gasteiger partial charge on any atom is -0.854 e. The highest BCUT2D eigenvalue weighted by atomic mass is 19.1. The topological polar surface area (TPSA) is 92.6 Å². The molecule has 9 heteroatoms. The van der Waals surface area contributed by atoms with Crippen molar-refractivity contribution in [1.29, 1.82) is 0 Å². The summed E-state index contributed by atoms with van der Waals surface area (Å²) in [5.41, 5.74) is 1.83. The predicted octanol–water partition coefficient (Wildman–Crippen LogP) is 1.68.